The maximum absolute atomic E-state index is 17.5. The monoisotopic (exact) mass is 768 g/mol. The highest BCUT2D eigenvalue weighted by atomic mass is 19.1. The summed E-state index contributed by atoms with van der Waals surface area (Å²) < 4.78 is 35.0. The molecule has 2 aliphatic rings. The normalized spacial score (nSPS) is 13.6. The first-order chi connectivity index (χ1) is 29.1. The molecule has 0 bridgehead atoms. The van der Waals surface area contributed by atoms with Crippen molar-refractivity contribution in [1.82, 2.24) is 0 Å². The Morgan fingerprint density at radius 1 is 0.333 bits per heavy atom. The van der Waals surface area contributed by atoms with Gasteiger partial charge >= 0.3 is 0 Å². The first kappa shape index (κ1) is 38.1. The van der Waals surface area contributed by atoms with Crippen LogP contribution in [0.2, 0.25) is 0 Å². The molecule has 0 spiro atoms. The van der Waals surface area contributed by atoms with Crippen LogP contribution in [0.3, 0.4) is 0 Å². The molecule has 0 saturated heterocycles. The highest BCUT2D eigenvalue weighted by Crippen LogP contribution is 2.61. The molecule has 0 heterocycles. The third-order valence-corrected chi connectivity index (χ3v) is 9.89. The molecule has 60 heavy (non-hydrogen) atoms. The SMILES string of the molecule is N#CC1=C(F)/C(=C(/C#N)c2cc(C#N)cc(C#N)c2)c2c1c(-c1ccc(C#N)cc1)c1c(c2-c2ccc(C#N)cc2)/C(=C(\C#N)c2cc(C#N)cc(C#N)c2)C(F)=C1C#N. The van der Waals surface area contributed by atoms with Gasteiger partial charge in [0.05, 0.1) is 92.1 Å². The van der Waals surface area contributed by atoms with E-state index in [1.165, 1.54) is 84.9 Å². The topological polar surface area (TPSA) is 238 Å². The predicted octanol–water partition coefficient (Wildman–Crippen LogP) is 9.55. The quantitative estimate of drug-likeness (QED) is 0.157. The Bertz CT molecular complexity index is 3190. The van der Waals surface area contributed by atoms with Crippen molar-refractivity contribution in [3.8, 4) is 82.9 Å². The molecule has 0 aliphatic heterocycles. The highest BCUT2D eigenvalue weighted by Gasteiger charge is 2.44. The van der Waals surface area contributed by atoms with E-state index in [1.807, 2.05) is 60.7 Å². The average molecular weight is 769 g/mol. The maximum Gasteiger partial charge on any atom is 0.150 e. The van der Waals surface area contributed by atoms with E-state index in [2.05, 4.69) is 0 Å². The third-order valence-electron chi connectivity index (χ3n) is 9.89. The maximum atomic E-state index is 17.5. The van der Waals surface area contributed by atoms with Crippen LogP contribution in [0.15, 0.2) is 96.6 Å². The fourth-order valence-electron chi connectivity index (χ4n) is 7.45. The van der Waals surface area contributed by atoms with Crippen molar-refractivity contribution in [3.05, 3.63) is 163 Å². The summed E-state index contributed by atoms with van der Waals surface area (Å²) in [5.74, 6) is -2.43. The average Bonchev–Trinajstić information content (AvgIpc) is 3.74. The number of hydrogen-bond acceptors (Lipinski definition) is 10. The van der Waals surface area contributed by atoms with Gasteiger partial charge in [-0.05, 0) is 88.5 Å². The molecular formula is C48H14F2N10. The summed E-state index contributed by atoms with van der Waals surface area (Å²) in [6.45, 7) is 0. The van der Waals surface area contributed by atoms with Crippen LogP contribution in [0.1, 0.15) is 66.8 Å². The lowest BCUT2D eigenvalue weighted by atomic mass is 9.77. The number of fused-ring (bicyclic) bond motifs is 2. The van der Waals surface area contributed by atoms with Gasteiger partial charge in [0, 0.05) is 39.0 Å². The van der Waals surface area contributed by atoms with Gasteiger partial charge in [0.1, 0.15) is 24.3 Å². The molecule has 0 fully saturated rings. The molecule has 12 heteroatoms. The number of halogens is 2. The Morgan fingerprint density at radius 3 is 0.900 bits per heavy atom. The Hall–Kier alpha value is -10.2. The molecule has 0 aromatic heterocycles. The summed E-state index contributed by atoms with van der Waals surface area (Å²) >= 11 is 0. The van der Waals surface area contributed by atoms with E-state index in [-0.39, 0.29) is 89.0 Å². The van der Waals surface area contributed by atoms with Crippen molar-refractivity contribution >= 4 is 33.4 Å². The summed E-state index contributed by atoms with van der Waals surface area (Å²) in [4.78, 5) is 0. The van der Waals surface area contributed by atoms with Crippen LogP contribution >= 0.6 is 0 Å². The minimum absolute atomic E-state index is 0.0507. The van der Waals surface area contributed by atoms with Crippen molar-refractivity contribution in [1.29, 1.82) is 52.6 Å². The van der Waals surface area contributed by atoms with Gasteiger partial charge < -0.3 is 0 Å². The van der Waals surface area contributed by atoms with E-state index in [9.17, 15) is 52.6 Å². The molecular weight excluding hydrogens is 755 g/mol. The summed E-state index contributed by atoms with van der Waals surface area (Å²) in [5, 5.41) is 102. The van der Waals surface area contributed by atoms with Gasteiger partial charge in [-0.3, -0.25) is 0 Å². The number of rotatable bonds is 4. The molecule has 0 N–H and O–H groups in total. The number of allylic oxidation sites excluding steroid dienone is 8. The zero-order valence-corrected chi connectivity index (χ0v) is 30.3. The first-order valence-electron chi connectivity index (χ1n) is 17.2. The lowest BCUT2D eigenvalue weighted by Gasteiger charge is -2.23. The largest absolute Gasteiger partial charge is 0.205 e. The number of nitrogens with zero attached hydrogens (tertiary/aromatic N) is 10. The second kappa shape index (κ2) is 15.2. The number of benzene rings is 5. The number of hydrogen-bond donors (Lipinski definition) is 0. The van der Waals surface area contributed by atoms with Crippen molar-refractivity contribution in [2.45, 2.75) is 0 Å². The van der Waals surface area contributed by atoms with Crippen LogP contribution < -0.4 is 0 Å². The van der Waals surface area contributed by atoms with Crippen LogP contribution in [-0.2, 0) is 0 Å². The summed E-state index contributed by atoms with van der Waals surface area (Å²) in [5.41, 5.74) is -3.66. The second-order valence-electron chi connectivity index (χ2n) is 13.0. The van der Waals surface area contributed by atoms with Gasteiger partial charge in [0.15, 0.2) is 11.7 Å². The molecule has 5 aromatic rings. The summed E-state index contributed by atoms with van der Waals surface area (Å²) in [6.07, 6.45) is 0. The molecule has 0 atom stereocenters. The van der Waals surface area contributed by atoms with Gasteiger partial charge in [-0.1, -0.05) is 24.3 Å². The molecule has 0 saturated carbocycles. The van der Waals surface area contributed by atoms with Crippen molar-refractivity contribution in [2.24, 2.45) is 0 Å². The van der Waals surface area contributed by atoms with E-state index >= 15 is 8.78 Å². The Kier molecular flexibility index (Phi) is 9.63. The van der Waals surface area contributed by atoms with Crippen molar-refractivity contribution in [3.63, 3.8) is 0 Å². The van der Waals surface area contributed by atoms with E-state index < -0.39 is 45.1 Å². The Labute approximate surface area is 340 Å². The smallest absolute Gasteiger partial charge is 0.150 e. The third kappa shape index (κ3) is 5.85. The molecule has 0 radical (unpaired) electrons. The van der Waals surface area contributed by atoms with Gasteiger partial charge in [0.2, 0.25) is 0 Å². The van der Waals surface area contributed by atoms with E-state index in [0.717, 1.165) is 0 Å². The molecule has 2 aliphatic carbocycles. The van der Waals surface area contributed by atoms with Crippen LogP contribution in [-0.4, -0.2) is 0 Å². The standard InChI is InChI=1S/C48H14F2N10/c49-47-37(23-59)41-39(31-5-1-25(15-51)2-6-31)42-38(24-60)48(50)44(36(22-58)34-13-29(19-55)10-30(14-34)20-56)46(42)40(32-7-3-26(16-52)4-8-32)45(41)43(47)35(21-57)33-11-27(17-53)9-28(12-33)18-54/h1-14H/b43-35-,44-36-. The molecule has 0 unspecified atom stereocenters. The van der Waals surface area contributed by atoms with Crippen LogP contribution in [0.4, 0.5) is 8.78 Å². The van der Waals surface area contributed by atoms with E-state index in [4.69, 9.17) is 0 Å². The Balaban J connectivity index is 1.84. The van der Waals surface area contributed by atoms with E-state index in [1.54, 1.807) is 0 Å². The van der Waals surface area contributed by atoms with Gasteiger partial charge in [-0.2, -0.15) is 52.6 Å². The minimum Gasteiger partial charge on any atom is -0.205 e. The van der Waals surface area contributed by atoms with E-state index in [0.29, 0.717) is 0 Å². The van der Waals surface area contributed by atoms with Crippen LogP contribution in [0.25, 0.3) is 55.7 Å². The lowest BCUT2D eigenvalue weighted by Crippen LogP contribution is -2.05. The van der Waals surface area contributed by atoms with Gasteiger partial charge in [-0.15, -0.1) is 0 Å². The van der Waals surface area contributed by atoms with Gasteiger partial charge in [0.25, 0.3) is 0 Å². The van der Waals surface area contributed by atoms with Crippen molar-refractivity contribution < 1.29 is 8.78 Å². The lowest BCUT2D eigenvalue weighted by molar-refractivity contribution is 0.682. The zero-order chi connectivity index (χ0) is 42.8. The second-order valence-corrected chi connectivity index (χ2v) is 13.0. The first-order valence-corrected chi connectivity index (χ1v) is 17.2. The summed E-state index contributed by atoms with van der Waals surface area (Å²) in [6, 6.07) is 38.3. The summed E-state index contributed by atoms with van der Waals surface area (Å²) in [7, 11) is 0. The minimum atomic E-state index is -1.22. The number of nitriles is 10. The molecule has 270 valence electrons. The zero-order valence-electron chi connectivity index (χ0n) is 30.3. The van der Waals surface area contributed by atoms with Crippen LogP contribution in [0.5, 0.6) is 0 Å². The van der Waals surface area contributed by atoms with Gasteiger partial charge in [-0.25, -0.2) is 8.78 Å². The fourth-order valence-corrected chi connectivity index (χ4v) is 7.45. The van der Waals surface area contributed by atoms with Crippen LogP contribution in [0, 0.1) is 113 Å². The predicted molar refractivity (Wildman–Crippen MR) is 211 cm³/mol. The molecule has 10 nitrogen and oxygen atoms in total. The highest BCUT2D eigenvalue weighted by molar-refractivity contribution is 6.25. The molecule has 7 rings (SSSR count). The Morgan fingerprint density at radius 2 is 0.633 bits per heavy atom. The molecule has 5 aromatic carbocycles. The fraction of sp³-hybridized carbons (Fsp3) is 0. The van der Waals surface area contributed by atoms with Crippen molar-refractivity contribution in [2.75, 3.05) is 0 Å². The molecule has 0 amide bonds.